The molecule has 12 heavy (non-hydrogen) atoms. The average Bonchev–Trinajstić information content (AvgIpc) is 2.12. The van der Waals surface area contributed by atoms with Crippen LogP contribution in [0, 0.1) is 0 Å². The molecular formula is C9H9N3. The van der Waals surface area contributed by atoms with Gasteiger partial charge in [-0.25, -0.2) is 4.98 Å². The highest BCUT2D eigenvalue weighted by Crippen LogP contribution is 2.23. The summed E-state index contributed by atoms with van der Waals surface area (Å²) in [5.41, 5.74) is 11.8. The first-order chi connectivity index (χ1) is 5.79. The summed E-state index contributed by atoms with van der Waals surface area (Å²) >= 11 is 0. The van der Waals surface area contributed by atoms with Crippen LogP contribution < -0.4 is 11.5 Å². The van der Waals surface area contributed by atoms with Crippen LogP contribution in [0.5, 0.6) is 0 Å². The van der Waals surface area contributed by atoms with Crippen molar-refractivity contribution in [2.24, 2.45) is 0 Å². The lowest BCUT2D eigenvalue weighted by Crippen LogP contribution is -1.97. The highest BCUT2D eigenvalue weighted by atomic mass is 14.9. The molecule has 0 saturated heterocycles. The number of hydrogen-bond acceptors (Lipinski definition) is 3. The van der Waals surface area contributed by atoms with Crippen LogP contribution in [0.3, 0.4) is 0 Å². The molecule has 0 aliphatic carbocycles. The summed E-state index contributed by atoms with van der Waals surface area (Å²) in [5.74, 6) is 0.397. The molecule has 1 aromatic heterocycles. The number of fused-ring (bicyclic) bond motifs is 1. The first-order valence-corrected chi connectivity index (χ1v) is 3.68. The van der Waals surface area contributed by atoms with Gasteiger partial charge in [0.25, 0.3) is 0 Å². The molecule has 2 rings (SSSR count). The Bertz CT molecular complexity index is 423. The molecule has 3 nitrogen and oxygen atoms in total. The van der Waals surface area contributed by atoms with Crippen molar-refractivity contribution in [2.75, 3.05) is 11.5 Å². The highest BCUT2D eigenvalue weighted by molar-refractivity contribution is 5.96. The minimum atomic E-state index is 0.397. The molecule has 1 heterocycles. The van der Waals surface area contributed by atoms with Gasteiger partial charge in [0.1, 0.15) is 5.82 Å². The van der Waals surface area contributed by atoms with Crippen LogP contribution in [0.4, 0.5) is 11.5 Å². The van der Waals surface area contributed by atoms with E-state index in [0.29, 0.717) is 11.5 Å². The third-order valence-electron chi connectivity index (χ3n) is 1.87. The van der Waals surface area contributed by atoms with Crippen LogP contribution >= 0.6 is 0 Å². The first-order valence-electron chi connectivity index (χ1n) is 3.68. The number of nitrogens with two attached hydrogens (primary N) is 2. The fraction of sp³-hybridized carbons (Fsp3) is 0. The van der Waals surface area contributed by atoms with Crippen LogP contribution in [-0.4, -0.2) is 4.98 Å². The molecule has 2 aromatic rings. The average molecular weight is 159 g/mol. The zero-order chi connectivity index (χ0) is 8.55. The van der Waals surface area contributed by atoms with E-state index in [1.165, 1.54) is 0 Å². The predicted octanol–water partition coefficient (Wildman–Crippen LogP) is 1.40. The van der Waals surface area contributed by atoms with Gasteiger partial charge in [0, 0.05) is 17.0 Å². The molecule has 4 N–H and O–H groups in total. The van der Waals surface area contributed by atoms with Crippen molar-refractivity contribution in [3.63, 3.8) is 0 Å². The molecule has 1 aromatic carbocycles. The summed E-state index contributed by atoms with van der Waals surface area (Å²) in [5, 5.41) is 1.98. The van der Waals surface area contributed by atoms with E-state index >= 15 is 0 Å². The zero-order valence-corrected chi connectivity index (χ0v) is 6.49. The number of anilines is 2. The second kappa shape index (κ2) is 2.37. The van der Waals surface area contributed by atoms with Gasteiger partial charge in [0.15, 0.2) is 0 Å². The van der Waals surface area contributed by atoms with Crippen molar-refractivity contribution in [1.82, 2.24) is 4.98 Å². The molecule has 0 radical (unpaired) electrons. The van der Waals surface area contributed by atoms with Crippen molar-refractivity contribution in [1.29, 1.82) is 0 Å². The smallest absolute Gasteiger partial charge is 0.147 e. The Kier molecular flexibility index (Phi) is 1.37. The lowest BCUT2D eigenvalue weighted by atomic mass is 10.1. The number of rotatable bonds is 0. The molecule has 0 aliphatic heterocycles. The van der Waals surface area contributed by atoms with Gasteiger partial charge in [0.05, 0.1) is 5.69 Å². The van der Waals surface area contributed by atoms with E-state index in [1.807, 2.05) is 24.3 Å². The summed E-state index contributed by atoms with van der Waals surface area (Å²) in [7, 11) is 0. The Labute approximate surface area is 70.0 Å². The number of nitrogens with zero attached hydrogens (tertiary/aromatic N) is 1. The minimum Gasteiger partial charge on any atom is -0.395 e. The van der Waals surface area contributed by atoms with Crippen LogP contribution in [0.15, 0.2) is 30.5 Å². The van der Waals surface area contributed by atoms with E-state index in [0.717, 1.165) is 10.8 Å². The van der Waals surface area contributed by atoms with Gasteiger partial charge in [-0.2, -0.15) is 0 Å². The Balaban J connectivity index is 2.91. The Morgan fingerprint density at radius 1 is 1.08 bits per heavy atom. The van der Waals surface area contributed by atoms with E-state index in [4.69, 9.17) is 11.5 Å². The molecule has 3 heteroatoms. The standard InChI is InChI=1S/C9H9N3/c10-8-7-4-2-1-3-6(7)5-12-9(8)11/h1-5H,10H2,(H2,11,12). The van der Waals surface area contributed by atoms with Crippen molar-refractivity contribution < 1.29 is 0 Å². The molecule has 0 aliphatic rings. The van der Waals surface area contributed by atoms with Crippen LogP contribution in [0.1, 0.15) is 0 Å². The summed E-state index contributed by atoms with van der Waals surface area (Å²) < 4.78 is 0. The zero-order valence-electron chi connectivity index (χ0n) is 6.49. The Hall–Kier alpha value is -1.77. The van der Waals surface area contributed by atoms with Gasteiger partial charge in [-0.3, -0.25) is 0 Å². The van der Waals surface area contributed by atoms with E-state index in [1.54, 1.807) is 6.20 Å². The van der Waals surface area contributed by atoms with E-state index in [-0.39, 0.29) is 0 Å². The number of hydrogen-bond donors (Lipinski definition) is 2. The molecular weight excluding hydrogens is 150 g/mol. The molecule has 60 valence electrons. The van der Waals surface area contributed by atoms with E-state index < -0.39 is 0 Å². The normalized spacial score (nSPS) is 10.3. The summed E-state index contributed by atoms with van der Waals surface area (Å²) in [6.45, 7) is 0. The molecule has 0 fully saturated rings. The van der Waals surface area contributed by atoms with Crippen LogP contribution in [-0.2, 0) is 0 Å². The third-order valence-corrected chi connectivity index (χ3v) is 1.87. The van der Waals surface area contributed by atoms with Crippen LogP contribution in [0.25, 0.3) is 10.8 Å². The van der Waals surface area contributed by atoms with Gasteiger partial charge in [-0.05, 0) is 0 Å². The van der Waals surface area contributed by atoms with Crippen molar-refractivity contribution in [3.05, 3.63) is 30.5 Å². The molecule has 0 unspecified atom stereocenters. The second-order valence-electron chi connectivity index (χ2n) is 2.64. The number of benzene rings is 1. The lowest BCUT2D eigenvalue weighted by molar-refractivity contribution is 1.37. The van der Waals surface area contributed by atoms with Gasteiger partial charge in [0.2, 0.25) is 0 Å². The van der Waals surface area contributed by atoms with Gasteiger partial charge < -0.3 is 11.5 Å². The highest BCUT2D eigenvalue weighted by Gasteiger charge is 2.00. The lowest BCUT2D eigenvalue weighted by Gasteiger charge is -2.02. The van der Waals surface area contributed by atoms with Gasteiger partial charge in [-0.15, -0.1) is 0 Å². The van der Waals surface area contributed by atoms with Crippen LogP contribution in [0.2, 0.25) is 0 Å². The quantitative estimate of drug-likeness (QED) is 0.610. The Morgan fingerprint density at radius 3 is 2.67 bits per heavy atom. The first kappa shape index (κ1) is 6.91. The largest absolute Gasteiger partial charge is 0.395 e. The number of aromatic nitrogens is 1. The SMILES string of the molecule is Nc1ncc2ccccc2c1N. The number of pyridine rings is 1. The maximum Gasteiger partial charge on any atom is 0.147 e. The fourth-order valence-electron chi connectivity index (χ4n) is 1.20. The fourth-order valence-corrected chi connectivity index (χ4v) is 1.20. The summed E-state index contributed by atoms with van der Waals surface area (Å²) in [4.78, 5) is 3.96. The Morgan fingerprint density at radius 2 is 1.83 bits per heavy atom. The maximum atomic E-state index is 5.73. The molecule has 0 saturated carbocycles. The molecule has 0 amide bonds. The van der Waals surface area contributed by atoms with Gasteiger partial charge >= 0.3 is 0 Å². The third kappa shape index (κ3) is 0.871. The summed E-state index contributed by atoms with van der Waals surface area (Å²) in [6.07, 6.45) is 1.72. The maximum absolute atomic E-state index is 5.73. The van der Waals surface area contributed by atoms with Crippen molar-refractivity contribution in [2.45, 2.75) is 0 Å². The van der Waals surface area contributed by atoms with Crippen molar-refractivity contribution >= 4 is 22.3 Å². The number of nitrogen functional groups attached to an aromatic ring is 2. The van der Waals surface area contributed by atoms with Gasteiger partial charge in [-0.1, -0.05) is 24.3 Å². The summed E-state index contributed by atoms with van der Waals surface area (Å²) in [6, 6.07) is 7.76. The topological polar surface area (TPSA) is 64.9 Å². The molecule has 0 atom stereocenters. The van der Waals surface area contributed by atoms with E-state index in [9.17, 15) is 0 Å². The molecule has 0 spiro atoms. The van der Waals surface area contributed by atoms with Crippen molar-refractivity contribution in [3.8, 4) is 0 Å². The monoisotopic (exact) mass is 159 g/mol. The minimum absolute atomic E-state index is 0.397. The predicted molar refractivity (Wildman–Crippen MR) is 50.6 cm³/mol. The van der Waals surface area contributed by atoms with E-state index in [2.05, 4.69) is 4.98 Å². The molecule has 0 bridgehead atoms. The second-order valence-corrected chi connectivity index (χ2v) is 2.64.